The summed E-state index contributed by atoms with van der Waals surface area (Å²) in [7, 11) is 0. The molecule has 0 N–H and O–H groups in total. The van der Waals surface area contributed by atoms with Gasteiger partial charge < -0.3 is 4.98 Å². The Morgan fingerprint density at radius 1 is 0.436 bits per heavy atom. The molecule has 0 atom stereocenters. The van der Waals surface area contributed by atoms with E-state index < -0.39 is 0 Å². The number of rotatable bonds is 2. The van der Waals surface area contributed by atoms with Crippen molar-refractivity contribution in [1.29, 1.82) is 0 Å². The van der Waals surface area contributed by atoms with Crippen molar-refractivity contribution in [1.82, 2.24) is 9.97 Å². The predicted molar refractivity (Wildman–Crippen MR) is 234 cm³/mol. The van der Waals surface area contributed by atoms with E-state index in [9.17, 15) is 0 Å². The average Bonchev–Trinajstić information content (AvgIpc) is 3.65. The quantitative estimate of drug-likeness (QED) is 0.0982. The molecule has 0 radical (unpaired) electrons. The molecule has 0 fully saturated rings. The molecule has 2 heterocycles. The smallest absolute Gasteiger partial charge is 0.656 e. The van der Waals surface area contributed by atoms with Gasteiger partial charge in [-0.15, -0.1) is 47.8 Å². The van der Waals surface area contributed by atoms with Crippen molar-refractivity contribution >= 4 is 21.5 Å². The van der Waals surface area contributed by atoms with Crippen LogP contribution >= 0.6 is 0 Å². The van der Waals surface area contributed by atoms with Gasteiger partial charge in [0.05, 0.1) is 0 Å². The molecule has 55 heavy (non-hydrogen) atoms. The predicted octanol–water partition coefficient (Wildman–Crippen LogP) is 13.9. The normalized spacial score (nSPS) is 10.8. The minimum atomic E-state index is 0. The van der Waals surface area contributed by atoms with E-state index in [0.717, 1.165) is 33.8 Å². The van der Waals surface area contributed by atoms with E-state index >= 15 is 0 Å². The molecule has 2 nitrogen and oxygen atoms in total. The topological polar surface area (TPSA) is 27.0 Å². The fourth-order valence-electron chi connectivity index (χ4n) is 5.92. The first kappa shape index (κ1) is 42.5. The summed E-state index contributed by atoms with van der Waals surface area (Å²) in [5.74, 6) is 0. The van der Waals surface area contributed by atoms with Gasteiger partial charge >= 0.3 is 25.8 Å². The molecule has 3 heteroatoms. The van der Waals surface area contributed by atoms with Gasteiger partial charge in [-0.05, 0) is 67.3 Å². The van der Waals surface area contributed by atoms with Crippen LogP contribution in [0, 0.1) is 20.8 Å². The monoisotopic (exact) mass is 884 g/mol. The second-order valence-electron chi connectivity index (χ2n) is 15.5. The molecule has 0 saturated carbocycles. The molecule has 0 aliphatic heterocycles. The summed E-state index contributed by atoms with van der Waals surface area (Å²) in [5.41, 5.74) is 10.1. The van der Waals surface area contributed by atoms with Gasteiger partial charge in [-0.1, -0.05) is 114 Å². The molecule has 0 spiro atoms. The molecule has 0 unspecified atom stereocenters. The molecular formula is C52H52HfN2. The molecule has 0 saturated heterocycles. The summed E-state index contributed by atoms with van der Waals surface area (Å²) < 4.78 is 0. The zero-order chi connectivity index (χ0) is 38.7. The van der Waals surface area contributed by atoms with Gasteiger partial charge in [0.15, 0.2) is 0 Å². The second kappa shape index (κ2) is 19.4. The van der Waals surface area contributed by atoms with E-state index in [-0.39, 0.29) is 36.7 Å². The molecule has 6 aromatic carbocycles. The van der Waals surface area contributed by atoms with Crippen LogP contribution in [0.5, 0.6) is 0 Å². The molecule has 8 rings (SSSR count). The van der Waals surface area contributed by atoms with Crippen LogP contribution in [0.25, 0.3) is 44.2 Å². The molecule has 0 amide bonds. The van der Waals surface area contributed by atoms with Gasteiger partial charge in [-0.2, -0.15) is 73.9 Å². The second-order valence-corrected chi connectivity index (χ2v) is 15.5. The van der Waals surface area contributed by atoms with Gasteiger partial charge in [0.25, 0.3) is 0 Å². The third-order valence-corrected chi connectivity index (χ3v) is 9.04. The van der Waals surface area contributed by atoms with Crippen LogP contribution in [0.15, 0.2) is 170 Å². The zero-order valence-corrected chi connectivity index (χ0v) is 36.8. The standard InChI is InChI=1S/C31H31N2.3C7H7.Hf/c1-30(2,3)22-12-13-24-21(18-22)17-20-10-11-23(31(4,5)6)19-25(20)29(24)28-15-14-27(33-28)26-9-7-8-16-32-26;3*1-7-5-3-2-4-6-7;/h7-19H,1-6H3;3*2-6H,1H2;/q4*-1;+4. The summed E-state index contributed by atoms with van der Waals surface area (Å²) in [6.07, 6.45) is 1.82. The Morgan fingerprint density at radius 2 is 0.909 bits per heavy atom. The number of nitrogens with zero attached hydrogens (tertiary/aromatic N) is 2. The van der Waals surface area contributed by atoms with Crippen molar-refractivity contribution in [2.45, 2.75) is 52.4 Å². The number of pyridine rings is 1. The van der Waals surface area contributed by atoms with Crippen LogP contribution in [0.4, 0.5) is 0 Å². The summed E-state index contributed by atoms with van der Waals surface area (Å²) in [6.45, 7) is 24.8. The molecule has 2 aromatic heterocycles. The van der Waals surface area contributed by atoms with Crippen molar-refractivity contribution < 1.29 is 25.8 Å². The number of hydrogen-bond acceptors (Lipinski definition) is 1. The Hall–Kier alpha value is -5.25. The fraction of sp³-hybridized carbons (Fsp3) is 0.154. The van der Waals surface area contributed by atoms with Crippen molar-refractivity contribution in [3.05, 3.63) is 219 Å². The third kappa shape index (κ3) is 12.1. The van der Waals surface area contributed by atoms with Crippen molar-refractivity contribution in [3.63, 3.8) is 0 Å². The Kier molecular flexibility index (Phi) is 15.0. The van der Waals surface area contributed by atoms with Crippen LogP contribution in [0.1, 0.15) is 69.4 Å². The Bertz CT molecular complexity index is 2260. The van der Waals surface area contributed by atoms with Crippen LogP contribution in [-0.4, -0.2) is 4.98 Å². The number of aromatic nitrogens is 2. The van der Waals surface area contributed by atoms with Crippen molar-refractivity contribution in [3.8, 4) is 22.6 Å². The minimum Gasteiger partial charge on any atom is -0.656 e. The third-order valence-electron chi connectivity index (χ3n) is 9.04. The first-order valence-corrected chi connectivity index (χ1v) is 18.5. The average molecular weight is 883 g/mol. The maximum atomic E-state index is 5.05. The Balaban J connectivity index is 0.000000246. The molecule has 274 valence electrons. The van der Waals surface area contributed by atoms with Gasteiger partial charge in [-0.3, -0.25) is 4.98 Å². The maximum absolute atomic E-state index is 5.05. The van der Waals surface area contributed by atoms with Crippen LogP contribution in [-0.2, 0) is 36.7 Å². The van der Waals surface area contributed by atoms with Gasteiger partial charge in [0, 0.05) is 11.9 Å². The van der Waals surface area contributed by atoms with Crippen LogP contribution in [0.2, 0.25) is 0 Å². The largest absolute Gasteiger partial charge is 4.00 e. The van der Waals surface area contributed by atoms with E-state index in [1.165, 1.54) is 38.2 Å². The van der Waals surface area contributed by atoms with E-state index in [2.05, 4.69) is 122 Å². The first-order valence-electron chi connectivity index (χ1n) is 18.5. The summed E-state index contributed by atoms with van der Waals surface area (Å²) >= 11 is 0. The van der Waals surface area contributed by atoms with Crippen LogP contribution in [0.3, 0.4) is 0 Å². The maximum Gasteiger partial charge on any atom is 4.00 e. The summed E-state index contributed by atoms with van der Waals surface area (Å²) in [6, 6.07) is 55.9. The van der Waals surface area contributed by atoms with Crippen molar-refractivity contribution in [2.24, 2.45) is 0 Å². The first-order chi connectivity index (χ1) is 25.8. The molecule has 8 aromatic rings. The Morgan fingerprint density at radius 3 is 1.36 bits per heavy atom. The minimum absolute atomic E-state index is 0. The van der Waals surface area contributed by atoms with Crippen molar-refractivity contribution in [2.75, 3.05) is 0 Å². The SMILES string of the molecule is CC(C)(C)c1ccc2c(-c3ccc(-c4ccccn4)[n-]3)c3cc(C(C)(C)C)ccc3cc2c1.[CH2-]c1ccccc1.[CH2-]c1ccccc1.[CH2-]c1ccccc1.[Hf+4]. The zero-order valence-electron chi connectivity index (χ0n) is 33.2. The molecule has 0 bridgehead atoms. The number of hydrogen-bond donors (Lipinski definition) is 0. The number of benzene rings is 6. The molecule has 0 aliphatic rings. The Labute approximate surface area is 348 Å². The van der Waals surface area contributed by atoms with E-state index in [1.807, 2.05) is 115 Å². The van der Waals surface area contributed by atoms with Crippen LogP contribution < -0.4 is 4.98 Å². The van der Waals surface area contributed by atoms with Gasteiger partial charge in [0.1, 0.15) is 0 Å². The van der Waals surface area contributed by atoms with E-state index in [4.69, 9.17) is 4.98 Å². The van der Waals surface area contributed by atoms with Gasteiger partial charge in [0.2, 0.25) is 0 Å². The fourth-order valence-corrected chi connectivity index (χ4v) is 5.92. The van der Waals surface area contributed by atoms with Gasteiger partial charge in [-0.25, -0.2) is 0 Å². The molecule has 0 aliphatic carbocycles. The summed E-state index contributed by atoms with van der Waals surface area (Å²) in [5, 5.41) is 5.01. The number of fused-ring (bicyclic) bond motifs is 2. The summed E-state index contributed by atoms with van der Waals surface area (Å²) in [4.78, 5) is 9.55. The van der Waals surface area contributed by atoms with E-state index in [1.54, 1.807) is 0 Å². The van der Waals surface area contributed by atoms with E-state index in [0.29, 0.717) is 0 Å². The molecular weight excluding hydrogens is 831 g/mol.